The van der Waals surface area contributed by atoms with Crippen molar-refractivity contribution >= 4 is 29.3 Å². The van der Waals surface area contributed by atoms with E-state index in [0.717, 1.165) is 41.6 Å². The largest absolute Gasteiger partial charge is 0.351 e. The minimum Gasteiger partial charge on any atom is -0.351 e. The lowest BCUT2D eigenvalue weighted by molar-refractivity contribution is -0.118. The topological polar surface area (TPSA) is 76.9 Å². The van der Waals surface area contributed by atoms with Gasteiger partial charge in [-0.05, 0) is 42.5 Å². The number of thioether (sulfide) groups is 1. The van der Waals surface area contributed by atoms with Crippen molar-refractivity contribution < 1.29 is 4.79 Å². The van der Waals surface area contributed by atoms with Crippen LogP contribution in [0.1, 0.15) is 28.8 Å². The number of carbonyl (C=O) groups is 1. The maximum atomic E-state index is 12.7. The number of hydrogen-bond acceptors (Lipinski definition) is 5. The van der Waals surface area contributed by atoms with Crippen molar-refractivity contribution in [1.29, 1.82) is 0 Å². The van der Waals surface area contributed by atoms with E-state index in [-0.39, 0.29) is 17.3 Å². The molecule has 30 heavy (non-hydrogen) atoms. The van der Waals surface area contributed by atoms with Crippen LogP contribution in [0.2, 0.25) is 5.02 Å². The number of fused-ring (bicyclic) bond motifs is 1. The summed E-state index contributed by atoms with van der Waals surface area (Å²) in [4.78, 5) is 33.4. The zero-order chi connectivity index (χ0) is 20.9. The van der Waals surface area contributed by atoms with Crippen molar-refractivity contribution in [2.24, 2.45) is 0 Å². The van der Waals surface area contributed by atoms with Crippen LogP contribution in [0.15, 0.2) is 58.6 Å². The minimum atomic E-state index is -0.279. The van der Waals surface area contributed by atoms with Crippen molar-refractivity contribution in [3.8, 4) is 0 Å². The molecule has 0 aliphatic heterocycles. The number of benzene rings is 1. The second kappa shape index (κ2) is 9.45. The Bertz CT molecular complexity index is 1120. The number of amides is 1. The van der Waals surface area contributed by atoms with Gasteiger partial charge in [0.1, 0.15) is 5.03 Å². The van der Waals surface area contributed by atoms with Crippen molar-refractivity contribution in [2.45, 2.75) is 37.4 Å². The van der Waals surface area contributed by atoms with Crippen LogP contribution in [0.4, 0.5) is 0 Å². The fourth-order valence-corrected chi connectivity index (χ4v) is 4.67. The molecule has 0 radical (unpaired) electrons. The fourth-order valence-electron chi connectivity index (χ4n) is 3.56. The quantitative estimate of drug-likeness (QED) is 0.451. The summed E-state index contributed by atoms with van der Waals surface area (Å²) in [5.41, 5.74) is 3.67. The predicted octanol–water partition coefficient (Wildman–Crippen LogP) is 3.24. The van der Waals surface area contributed by atoms with Gasteiger partial charge in [0.05, 0.1) is 12.3 Å². The molecule has 4 rings (SSSR count). The average molecular weight is 441 g/mol. The van der Waals surface area contributed by atoms with E-state index in [2.05, 4.69) is 15.3 Å². The summed E-state index contributed by atoms with van der Waals surface area (Å²) >= 11 is 7.45. The maximum absolute atomic E-state index is 12.7. The molecule has 0 spiro atoms. The molecule has 1 amide bonds. The van der Waals surface area contributed by atoms with Gasteiger partial charge < -0.3 is 5.32 Å². The Hall–Kier alpha value is -2.64. The lowest BCUT2D eigenvalue weighted by Gasteiger charge is -2.14. The average Bonchev–Trinajstić information content (AvgIpc) is 3.25. The molecule has 1 aliphatic rings. The molecule has 154 valence electrons. The number of carbonyl (C=O) groups excluding carboxylic acids is 1. The van der Waals surface area contributed by atoms with E-state index in [1.165, 1.54) is 11.8 Å². The smallest absolute Gasteiger partial charge is 0.349 e. The van der Waals surface area contributed by atoms with Crippen LogP contribution in [0.3, 0.4) is 0 Å². The van der Waals surface area contributed by atoms with E-state index in [9.17, 15) is 9.59 Å². The van der Waals surface area contributed by atoms with Crippen molar-refractivity contribution in [3.63, 3.8) is 0 Å². The van der Waals surface area contributed by atoms with Crippen LogP contribution in [0, 0.1) is 0 Å². The van der Waals surface area contributed by atoms with E-state index in [4.69, 9.17) is 11.6 Å². The molecule has 1 N–H and O–H groups in total. The molecule has 2 heterocycles. The Morgan fingerprint density at radius 3 is 2.87 bits per heavy atom. The Morgan fingerprint density at radius 1 is 1.20 bits per heavy atom. The highest BCUT2D eigenvalue weighted by Gasteiger charge is 2.22. The fraction of sp³-hybridized carbons (Fsp3) is 0.273. The molecule has 2 aromatic heterocycles. The summed E-state index contributed by atoms with van der Waals surface area (Å²) < 4.78 is 1.74. The molecule has 0 fully saturated rings. The highest BCUT2D eigenvalue weighted by Crippen LogP contribution is 2.29. The Balaban J connectivity index is 1.44. The van der Waals surface area contributed by atoms with Crippen LogP contribution in [0.5, 0.6) is 0 Å². The molecular formula is C22H21ClN4O2S. The SMILES string of the molecule is O=C(CSc1nc(=O)n(Cc2cccnc2)c2c1CCC2)NCc1ccccc1Cl. The predicted molar refractivity (Wildman–Crippen MR) is 118 cm³/mol. The number of hydrogen-bond donors (Lipinski definition) is 1. The van der Waals surface area contributed by atoms with E-state index in [0.29, 0.717) is 23.1 Å². The third-order valence-electron chi connectivity index (χ3n) is 5.04. The van der Waals surface area contributed by atoms with Crippen molar-refractivity contribution in [2.75, 3.05) is 5.75 Å². The normalized spacial score (nSPS) is 12.6. The Labute approximate surface area is 183 Å². The van der Waals surface area contributed by atoms with Crippen LogP contribution in [-0.4, -0.2) is 26.2 Å². The third kappa shape index (κ3) is 4.74. The van der Waals surface area contributed by atoms with E-state index >= 15 is 0 Å². The van der Waals surface area contributed by atoms with Gasteiger partial charge in [0, 0.05) is 35.2 Å². The lowest BCUT2D eigenvalue weighted by atomic mass is 10.2. The molecule has 0 atom stereocenters. The molecule has 3 aromatic rings. The molecule has 1 aromatic carbocycles. The van der Waals surface area contributed by atoms with Gasteiger partial charge in [0.25, 0.3) is 0 Å². The monoisotopic (exact) mass is 440 g/mol. The van der Waals surface area contributed by atoms with Gasteiger partial charge in [-0.25, -0.2) is 4.79 Å². The molecule has 0 saturated carbocycles. The molecule has 8 heteroatoms. The maximum Gasteiger partial charge on any atom is 0.349 e. The first-order valence-corrected chi connectivity index (χ1v) is 11.1. The molecule has 0 saturated heterocycles. The summed E-state index contributed by atoms with van der Waals surface area (Å²) in [5, 5.41) is 4.17. The van der Waals surface area contributed by atoms with Crippen LogP contribution in [0.25, 0.3) is 0 Å². The third-order valence-corrected chi connectivity index (χ3v) is 6.42. The van der Waals surface area contributed by atoms with E-state index in [1.54, 1.807) is 23.0 Å². The highest BCUT2D eigenvalue weighted by atomic mass is 35.5. The Morgan fingerprint density at radius 2 is 2.07 bits per heavy atom. The molecule has 6 nitrogen and oxygen atoms in total. The Kier molecular flexibility index (Phi) is 6.50. The number of nitrogens with zero attached hydrogens (tertiary/aromatic N) is 3. The van der Waals surface area contributed by atoms with Gasteiger partial charge in [-0.2, -0.15) is 4.98 Å². The molecule has 0 unspecified atom stereocenters. The summed E-state index contributed by atoms with van der Waals surface area (Å²) in [5.74, 6) is 0.0867. The number of nitrogens with one attached hydrogen (secondary N) is 1. The molecule has 0 bridgehead atoms. The van der Waals surface area contributed by atoms with Crippen LogP contribution >= 0.6 is 23.4 Å². The van der Waals surface area contributed by atoms with Gasteiger partial charge in [0.2, 0.25) is 5.91 Å². The standard InChI is InChI=1S/C22H21ClN4O2S/c23-18-8-2-1-6-16(18)12-25-20(28)14-30-21-17-7-3-9-19(17)27(22(29)26-21)13-15-5-4-10-24-11-15/h1-2,4-6,8,10-11H,3,7,9,12-14H2,(H,25,28). The number of rotatable bonds is 7. The van der Waals surface area contributed by atoms with Gasteiger partial charge in [-0.1, -0.05) is 47.6 Å². The van der Waals surface area contributed by atoms with Gasteiger partial charge in [0.15, 0.2) is 0 Å². The first-order valence-electron chi connectivity index (χ1n) is 9.76. The van der Waals surface area contributed by atoms with Crippen molar-refractivity contribution in [3.05, 3.63) is 86.7 Å². The number of halogens is 1. The summed E-state index contributed by atoms with van der Waals surface area (Å²) in [7, 11) is 0. The zero-order valence-electron chi connectivity index (χ0n) is 16.3. The number of pyridine rings is 1. The summed E-state index contributed by atoms with van der Waals surface area (Å²) in [6.45, 7) is 0.836. The van der Waals surface area contributed by atoms with Gasteiger partial charge in [-0.15, -0.1) is 0 Å². The molecular weight excluding hydrogens is 420 g/mol. The first-order chi connectivity index (χ1) is 14.6. The molecule has 1 aliphatic carbocycles. The first kappa shape index (κ1) is 20.6. The lowest BCUT2D eigenvalue weighted by Crippen LogP contribution is -2.28. The minimum absolute atomic E-state index is 0.118. The zero-order valence-corrected chi connectivity index (χ0v) is 17.9. The van der Waals surface area contributed by atoms with Crippen LogP contribution < -0.4 is 11.0 Å². The highest BCUT2D eigenvalue weighted by molar-refractivity contribution is 7.99. The summed E-state index contributed by atoms with van der Waals surface area (Å²) in [6, 6.07) is 11.2. The van der Waals surface area contributed by atoms with E-state index < -0.39 is 0 Å². The van der Waals surface area contributed by atoms with E-state index in [1.807, 2.05) is 30.3 Å². The van der Waals surface area contributed by atoms with Crippen molar-refractivity contribution in [1.82, 2.24) is 19.9 Å². The summed E-state index contributed by atoms with van der Waals surface area (Å²) in [6.07, 6.45) is 6.18. The van der Waals surface area contributed by atoms with Crippen LogP contribution in [-0.2, 0) is 30.7 Å². The van der Waals surface area contributed by atoms with Gasteiger partial charge in [-0.3, -0.25) is 14.3 Å². The number of aromatic nitrogens is 3. The van der Waals surface area contributed by atoms with Gasteiger partial charge >= 0.3 is 5.69 Å². The second-order valence-corrected chi connectivity index (χ2v) is 8.45. The second-order valence-electron chi connectivity index (χ2n) is 7.08.